The number of hydrogen-bond acceptors (Lipinski definition) is 4. The van der Waals surface area contributed by atoms with Crippen molar-refractivity contribution in [3.63, 3.8) is 0 Å². The van der Waals surface area contributed by atoms with Crippen LogP contribution in [0.25, 0.3) is 10.2 Å². The van der Waals surface area contributed by atoms with E-state index in [0.29, 0.717) is 17.6 Å². The van der Waals surface area contributed by atoms with Crippen molar-refractivity contribution < 1.29 is 4.79 Å². The van der Waals surface area contributed by atoms with Gasteiger partial charge in [-0.05, 0) is 70.5 Å². The molecule has 2 aromatic rings. The van der Waals surface area contributed by atoms with Crippen LogP contribution in [-0.4, -0.2) is 39.0 Å². The lowest BCUT2D eigenvalue weighted by Gasteiger charge is -2.44. The number of fused-ring (bicyclic) bond motifs is 1. The topological polar surface area (TPSA) is 57.3 Å². The summed E-state index contributed by atoms with van der Waals surface area (Å²) >= 11 is 7.01. The number of thiocarbonyl (C=S) groups is 1. The maximum Gasteiger partial charge on any atom is 0.226 e. The standard InChI is InChI=1S/C19H26N4OS2/c1-12-7-8-14-15(10-12)26-17(20-14)21-16(24)6-5-9-23-13(2)11-19(3,4)22-18(23)25/h7-8,10,13H,5-6,9,11H2,1-4H3,(H,22,25)(H,20,21,24)/t13-/m1/s1. The number of anilines is 1. The molecule has 1 aromatic heterocycles. The van der Waals surface area contributed by atoms with Crippen molar-refractivity contribution in [1.29, 1.82) is 0 Å². The second kappa shape index (κ2) is 7.48. The number of rotatable bonds is 5. The Morgan fingerprint density at radius 1 is 1.50 bits per heavy atom. The highest BCUT2D eigenvalue weighted by atomic mass is 32.1. The summed E-state index contributed by atoms with van der Waals surface area (Å²) in [7, 11) is 0. The molecule has 2 heterocycles. The maximum atomic E-state index is 12.3. The van der Waals surface area contributed by atoms with Crippen LogP contribution in [0.15, 0.2) is 18.2 Å². The molecule has 0 saturated carbocycles. The van der Waals surface area contributed by atoms with Gasteiger partial charge in [0.15, 0.2) is 10.2 Å². The number of nitrogens with zero attached hydrogens (tertiary/aromatic N) is 2. The molecule has 1 fully saturated rings. The monoisotopic (exact) mass is 390 g/mol. The van der Waals surface area contributed by atoms with Crippen LogP contribution in [0.5, 0.6) is 0 Å². The molecule has 1 aliphatic rings. The molecule has 140 valence electrons. The fourth-order valence-electron chi connectivity index (χ4n) is 3.46. The molecule has 1 aliphatic heterocycles. The molecule has 26 heavy (non-hydrogen) atoms. The summed E-state index contributed by atoms with van der Waals surface area (Å²) in [5, 5.41) is 7.76. The highest BCUT2D eigenvalue weighted by Crippen LogP contribution is 2.27. The average molecular weight is 391 g/mol. The molecule has 1 aromatic carbocycles. The first-order valence-electron chi connectivity index (χ1n) is 8.99. The van der Waals surface area contributed by atoms with Crippen LogP contribution < -0.4 is 10.6 Å². The normalized spacial score (nSPS) is 19.5. The Bertz CT molecular complexity index is 830. The van der Waals surface area contributed by atoms with Crippen LogP contribution in [0.1, 0.15) is 45.6 Å². The Kier molecular flexibility index (Phi) is 5.48. The third kappa shape index (κ3) is 4.51. The molecule has 1 saturated heterocycles. The summed E-state index contributed by atoms with van der Waals surface area (Å²) in [6.45, 7) is 9.37. The smallest absolute Gasteiger partial charge is 0.226 e. The molecular formula is C19H26N4OS2. The zero-order valence-electron chi connectivity index (χ0n) is 15.8. The number of nitrogens with one attached hydrogen (secondary N) is 2. The van der Waals surface area contributed by atoms with Gasteiger partial charge in [-0.1, -0.05) is 17.4 Å². The van der Waals surface area contributed by atoms with E-state index >= 15 is 0 Å². The summed E-state index contributed by atoms with van der Waals surface area (Å²) in [4.78, 5) is 18.9. The SMILES string of the molecule is Cc1ccc2nc(NC(=O)CCCN3C(=S)NC(C)(C)C[C@H]3C)sc2c1. The van der Waals surface area contributed by atoms with Crippen molar-refractivity contribution in [1.82, 2.24) is 15.2 Å². The van der Waals surface area contributed by atoms with Crippen molar-refractivity contribution in [2.75, 3.05) is 11.9 Å². The van der Waals surface area contributed by atoms with Gasteiger partial charge in [0.05, 0.1) is 10.2 Å². The van der Waals surface area contributed by atoms with E-state index in [1.165, 1.54) is 16.9 Å². The zero-order chi connectivity index (χ0) is 18.9. The number of aromatic nitrogens is 1. The largest absolute Gasteiger partial charge is 0.358 e. The minimum atomic E-state index is 0.00430. The zero-order valence-corrected chi connectivity index (χ0v) is 17.4. The van der Waals surface area contributed by atoms with E-state index in [-0.39, 0.29) is 11.4 Å². The summed E-state index contributed by atoms with van der Waals surface area (Å²) in [5.74, 6) is 0.00430. The number of aryl methyl sites for hydroxylation is 1. The molecule has 2 N–H and O–H groups in total. The van der Waals surface area contributed by atoms with E-state index in [2.05, 4.69) is 54.3 Å². The van der Waals surface area contributed by atoms with Gasteiger partial charge in [0, 0.05) is 24.5 Å². The Balaban J connectivity index is 1.50. The lowest BCUT2D eigenvalue weighted by molar-refractivity contribution is -0.116. The summed E-state index contributed by atoms with van der Waals surface area (Å²) < 4.78 is 1.10. The molecule has 1 amide bonds. The number of benzene rings is 1. The van der Waals surface area contributed by atoms with Gasteiger partial charge in [-0.25, -0.2) is 4.98 Å². The van der Waals surface area contributed by atoms with Crippen LogP contribution in [0, 0.1) is 6.92 Å². The molecule has 5 nitrogen and oxygen atoms in total. The first-order valence-corrected chi connectivity index (χ1v) is 10.2. The predicted octanol–water partition coefficient (Wildman–Crippen LogP) is 4.07. The van der Waals surface area contributed by atoms with Gasteiger partial charge in [-0.3, -0.25) is 4.79 Å². The van der Waals surface area contributed by atoms with Gasteiger partial charge in [-0.15, -0.1) is 0 Å². The fraction of sp³-hybridized carbons (Fsp3) is 0.526. The van der Waals surface area contributed by atoms with E-state index in [9.17, 15) is 4.79 Å². The minimum absolute atomic E-state index is 0.00430. The van der Waals surface area contributed by atoms with E-state index < -0.39 is 0 Å². The number of thiazole rings is 1. The van der Waals surface area contributed by atoms with Gasteiger partial charge >= 0.3 is 0 Å². The Hall–Kier alpha value is -1.73. The average Bonchev–Trinajstić information content (AvgIpc) is 2.90. The van der Waals surface area contributed by atoms with Crippen molar-refractivity contribution in [2.45, 2.75) is 58.5 Å². The lowest BCUT2D eigenvalue weighted by atomic mass is 9.93. The van der Waals surface area contributed by atoms with Crippen molar-refractivity contribution >= 4 is 49.9 Å². The molecule has 7 heteroatoms. The second-order valence-corrected chi connectivity index (χ2v) is 9.12. The number of hydrogen-bond donors (Lipinski definition) is 2. The highest BCUT2D eigenvalue weighted by molar-refractivity contribution is 7.80. The highest BCUT2D eigenvalue weighted by Gasteiger charge is 2.32. The van der Waals surface area contributed by atoms with Gasteiger partial charge < -0.3 is 15.5 Å². The third-order valence-electron chi connectivity index (χ3n) is 4.64. The fourth-order valence-corrected chi connectivity index (χ4v) is 4.99. The van der Waals surface area contributed by atoms with Gasteiger partial charge in [-0.2, -0.15) is 0 Å². The van der Waals surface area contributed by atoms with Crippen LogP contribution in [0.3, 0.4) is 0 Å². The van der Waals surface area contributed by atoms with E-state index in [1.807, 2.05) is 12.1 Å². The van der Waals surface area contributed by atoms with E-state index in [4.69, 9.17) is 12.2 Å². The molecule has 0 aliphatic carbocycles. The van der Waals surface area contributed by atoms with Gasteiger partial charge in [0.25, 0.3) is 0 Å². The first-order chi connectivity index (χ1) is 12.2. The van der Waals surface area contributed by atoms with Gasteiger partial charge in [0.2, 0.25) is 5.91 Å². The second-order valence-electron chi connectivity index (χ2n) is 7.70. The summed E-state index contributed by atoms with van der Waals surface area (Å²) in [6, 6.07) is 6.50. The molecular weight excluding hydrogens is 364 g/mol. The molecule has 0 spiro atoms. The molecule has 0 unspecified atom stereocenters. The number of carbonyl (C=O) groups excluding carboxylic acids is 1. The number of amides is 1. The first kappa shape index (κ1) is 19.0. The summed E-state index contributed by atoms with van der Waals surface area (Å²) in [6.07, 6.45) is 2.26. The molecule has 0 bridgehead atoms. The Morgan fingerprint density at radius 3 is 3.00 bits per heavy atom. The lowest BCUT2D eigenvalue weighted by Crippen LogP contribution is -2.60. The Morgan fingerprint density at radius 2 is 2.27 bits per heavy atom. The molecule has 0 radical (unpaired) electrons. The van der Waals surface area contributed by atoms with Crippen molar-refractivity contribution in [3.8, 4) is 0 Å². The van der Waals surface area contributed by atoms with E-state index in [1.54, 1.807) is 0 Å². The third-order valence-corrected chi connectivity index (χ3v) is 5.91. The number of carbonyl (C=O) groups is 1. The van der Waals surface area contributed by atoms with E-state index in [0.717, 1.165) is 34.7 Å². The Labute approximate surface area is 164 Å². The van der Waals surface area contributed by atoms with Crippen LogP contribution in [0.4, 0.5) is 5.13 Å². The summed E-state index contributed by atoms with van der Waals surface area (Å²) in [5.41, 5.74) is 2.16. The molecule has 1 atom stereocenters. The van der Waals surface area contributed by atoms with Crippen molar-refractivity contribution in [2.24, 2.45) is 0 Å². The van der Waals surface area contributed by atoms with Crippen LogP contribution in [0.2, 0.25) is 0 Å². The van der Waals surface area contributed by atoms with Crippen LogP contribution in [-0.2, 0) is 4.79 Å². The quantitative estimate of drug-likeness (QED) is 0.754. The molecule has 3 rings (SSSR count). The van der Waals surface area contributed by atoms with Crippen LogP contribution >= 0.6 is 23.6 Å². The minimum Gasteiger partial charge on any atom is -0.358 e. The van der Waals surface area contributed by atoms with Crippen molar-refractivity contribution in [3.05, 3.63) is 23.8 Å². The predicted molar refractivity (Wildman–Crippen MR) is 113 cm³/mol. The maximum absolute atomic E-state index is 12.3. The van der Waals surface area contributed by atoms with Gasteiger partial charge in [0.1, 0.15) is 0 Å².